The Morgan fingerprint density at radius 2 is 1.94 bits per heavy atom. The number of primary amides is 1. The summed E-state index contributed by atoms with van der Waals surface area (Å²) < 4.78 is 38.0. The van der Waals surface area contributed by atoms with Gasteiger partial charge in [0.15, 0.2) is 5.65 Å². The smallest absolute Gasteiger partial charge is 0.366 e. The van der Waals surface area contributed by atoms with Gasteiger partial charge in [-0.1, -0.05) is 18.2 Å². The van der Waals surface area contributed by atoms with Gasteiger partial charge in [-0.2, -0.15) is 18.3 Å². The number of carbonyl (C=O) groups excluding carboxylic acids is 1. The van der Waals surface area contributed by atoms with Crippen LogP contribution in [-0.2, 0) is 6.18 Å². The summed E-state index contributed by atoms with van der Waals surface area (Å²) in [7, 11) is 0. The fourth-order valence-electron chi connectivity index (χ4n) is 3.99. The van der Waals surface area contributed by atoms with E-state index in [0.717, 1.165) is 41.4 Å². The van der Waals surface area contributed by atoms with E-state index in [-0.39, 0.29) is 5.92 Å². The van der Waals surface area contributed by atoms with Crippen LogP contribution in [-0.4, -0.2) is 39.2 Å². The molecule has 0 spiro atoms. The van der Waals surface area contributed by atoms with Crippen LogP contribution in [0, 0.1) is 6.92 Å². The number of halogens is 3. The average molecular weight is 468 g/mol. The maximum absolute atomic E-state index is 12.7. The molecule has 7 nitrogen and oxygen atoms in total. The zero-order valence-electron chi connectivity index (χ0n) is 18.4. The molecule has 1 aliphatic heterocycles. The predicted octanol–water partition coefficient (Wildman–Crippen LogP) is 4.21. The number of rotatable bonds is 3. The Morgan fingerprint density at radius 1 is 1.15 bits per heavy atom. The average Bonchev–Trinajstić information content (AvgIpc) is 3.49. The third-order valence-corrected chi connectivity index (χ3v) is 5.65. The molecule has 0 aliphatic carbocycles. The molecule has 3 aromatic heterocycles. The third kappa shape index (κ3) is 5.07. The summed E-state index contributed by atoms with van der Waals surface area (Å²) in [6.07, 6.45) is -0.304. The van der Waals surface area contributed by atoms with E-state index >= 15 is 0 Å². The van der Waals surface area contributed by atoms with Crippen LogP contribution >= 0.6 is 0 Å². The minimum atomic E-state index is -4.24. The molecule has 4 heterocycles. The standard InChI is InChI=1S/C13H11N5O.C11H12F3N/c1-7-4-8(2-3-15-7)11-10-5-9(12(14)19)6-16-13(10)18-17-11;12-11(13,14)10-4-2-1-3-9(10)8-5-6-15-7-8/h2-6H,1H3,(H2,14,19)(H,16,17,18);1-4,8,15H,5-7H2. The summed E-state index contributed by atoms with van der Waals surface area (Å²) >= 11 is 0. The van der Waals surface area contributed by atoms with E-state index < -0.39 is 17.6 Å². The molecule has 1 aromatic carbocycles. The van der Waals surface area contributed by atoms with E-state index in [4.69, 9.17) is 5.73 Å². The van der Waals surface area contributed by atoms with Crippen LogP contribution in [0.3, 0.4) is 0 Å². The van der Waals surface area contributed by atoms with Crippen LogP contribution < -0.4 is 11.1 Å². The predicted molar refractivity (Wildman–Crippen MR) is 122 cm³/mol. The first-order valence-electron chi connectivity index (χ1n) is 10.7. The van der Waals surface area contributed by atoms with Gasteiger partial charge >= 0.3 is 6.18 Å². The number of hydrogen-bond acceptors (Lipinski definition) is 5. The van der Waals surface area contributed by atoms with Gasteiger partial charge in [0.2, 0.25) is 5.91 Å². The van der Waals surface area contributed by atoms with E-state index in [1.807, 2.05) is 19.1 Å². The number of fused-ring (bicyclic) bond motifs is 1. The number of aryl methyl sites for hydroxylation is 1. The Morgan fingerprint density at radius 3 is 2.62 bits per heavy atom. The number of nitrogens with zero attached hydrogens (tertiary/aromatic N) is 3. The number of H-pyrrole nitrogens is 1. The van der Waals surface area contributed by atoms with Crippen molar-refractivity contribution >= 4 is 16.9 Å². The Kier molecular flexibility index (Phi) is 6.60. The monoisotopic (exact) mass is 468 g/mol. The minimum absolute atomic E-state index is 0.00262. The summed E-state index contributed by atoms with van der Waals surface area (Å²) in [5.41, 5.74) is 8.76. The number of benzene rings is 1. The SMILES string of the molecule is Cc1cc(-c2[nH]nc3ncc(C(N)=O)cc23)ccn1.FC(F)(F)c1ccccc1C1CCNC1. The second-order valence-corrected chi connectivity index (χ2v) is 8.02. The molecule has 10 heteroatoms. The molecule has 4 aromatic rings. The molecule has 1 amide bonds. The number of amides is 1. The zero-order valence-corrected chi connectivity index (χ0v) is 18.4. The fraction of sp³-hybridized carbons (Fsp3) is 0.250. The summed E-state index contributed by atoms with van der Waals surface area (Å²) in [4.78, 5) is 19.5. The lowest BCUT2D eigenvalue weighted by molar-refractivity contribution is -0.138. The van der Waals surface area contributed by atoms with Crippen LogP contribution in [0.15, 0.2) is 54.9 Å². The van der Waals surface area contributed by atoms with Gasteiger partial charge in [-0.3, -0.25) is 14.9 Å². The fourth-order valence-corrected chi connectivity index (χ4v) is 3.99. The lowest BCUT2D eigenvalue weighted by atomic mass is 9.93. The van der Waals surface area contributed by atoms with Gasteiger partial charge in [-0.05, 0) is 55.6 Å². The highest BCUT2D eigenvalue weighted by Crippen LogP contribution is 2.36. The summed E-state index contributed by atoms with van der Waals surface area (Å²) in [5, 5.41) is 10.9. The van der Waals surface area contributed by atoms with Crippen molar-refractivity contribution in [2.45, 2.75) is 25.4 Å². The number of pyridine rings is 2. The molecule has 34 heavy (non-hydrogen) atoms. The lowest BCUT2D eigenvalue weighted by Crippen LogP contribution is -2.14. The second kappa shape index (κ2) is 9.60. The quantitative estimate of drug-likeness (QED) is 0.417. The number of nitrogens with one attached hydrogen (secondary N) is 2. The summed E-state index contributed by atoms with van der Waals surface area (Å²) in [6.45, 7) is 3.36. The van der Waals surface area contributed by atoms with Gasteiger partial charge in [-0.25, -0.2) is 4.98 Å². The van der Waals surface area contributed by atoms with Crippen molar-refractivity contribution in [3.8, 4) is 11.3 Å². The topological polar surface area (TPSA) is 110 Å². The van der Waals surface area contributed by atoms with Gasteiger partial charge in [0.05, 0.1) is 16.8 Å². The molecule has 1 atom stereocenters. The van der Waals surface area contributed by atoms with Gasteiger partial charge < -0.3 is 11.1 Å². The van der Waals surface area contributed by atoms with E-state index in [2.05, 4.69) is 25.5 Å². The molecule has 1 aliphatic rings. The van der Waals surface area contributed by atoms with E-state index in [1.165, 1.54) is 12.3 Å². The molecule has 176 valence electrons. The number of nitrogens with two attached hydrogens (primary N) is 1. The molecular formula is C24H23F3N6O. The van der Waals surface area contributed by atoms with Crippen molar-refractivity contribution in [2.24, 2.45) is 5.73 Å². The van der Waals surface area contributed by atoms with Crippen LogP contribution in [0.25, 0.3) is 22.3 Å². The van der Waals surface area contributed by atoms with Gasteiger partial charge in [-0.15, -0.1) is 0 Å². The molecule has 4 N–H and O–H groups in total. The van der Waals surface area contributed by atoms with Crippen LogP contribution in [0.1, 0.15) is 39.5 Å². The first-order chi connectivity index (χ1) is 16.2. The van der Waals surface area contributed by atoms with Crippen LogP contribution in [0.5, 0.6) is 0 Å². The van der Waals surface area contributed by atoms with Crippen molar-refractivity contribution in [3.05, 3.63) is 77.2 Å². The molecule has 0 saturated carbocycles. The number of alkyl halides is 3. The largest absolute Gasteiger partial charge is 0.416 e. The summed E-state index contributed by atoms with van der Waals surface area (Å²) in [6, 6.07) is 11.4. The third-order valence-electron chi connectivity index (χ3n) is 5.65. The maximum Gasteiger partial charge on any atom is 0.416 e. The van der Waals surface area contributed by atoms with Crippen molar-refractivity contribution in [3.63, 3.8) is 0 Å². The van der Waals surface area contributed by atoms with Crippen molar-refractivity contribution in [1.82, 2.24) is 25.5 Å². The molecule has 5 rings (SSSR count). The minimum Gasteiger partial charge on any atom is -0.366 e. The number of aromatic nitrogens is 4. The highest BCUT2D eigenvalue weighted by atomic mass is 19.4. The highest BCUT2D eigenvalue weighted by Gasteiger charge is 2.35. The van der Waals surface area contributed by atoms with E-state index in [1.54, 1.807) is 24.4 Å². The van der Waals surface area contributed by atoms with Crippen molar-refractivity contribution in [1.29, 1.82) is 0 Å². The molecule has 1 fully saturated rings. The Labute approximate surface area is 193 Å². The van der Waals surface area contributed by atoms with Crippen molar-refractivity contribution in [2.75, 3.05) is 13.1 Å². The highest BCUT2D eigenvalue weighted by molar-refractivity contribution is 5.99. The van der Waals surface area contributed by atoms with Gasteiger partial charge in [0.25, 0.3) is 0 Å². The molecule has 0 bridgehead atoms. The van der Waals surface area contributed by atoms with E-state index in [0.29, 0.717) is 23.3 Å². The molecule has 1 saturated heterocycles. The molecule has 0 radical (unpaired) electrons. The Hall–Kier alpha value is -3.79. The normalized spacial score (nSPS) is 15.7. The van der Waals surface area contributed by atoms with E-state index in [9.17, 15) is 18.0 Å². The maximum atomic E-state index is 12.7. The zero-order chi connectivity index (χ0) is 24.3. The number of carbonyl (C=O) groups is 1. The lowest BCUT2D eigenvalue weighted by Gasteiger charge is -2.16. The van der Waals surface area contributed by atoms with Crippen molar-refractivity contribution < 1.29 is 18.0 Å². The first-order valence-corrected chi connectivity index (χ1v) is 10.7. The second-order valence-electron chi connectivity index (χ2n) is 8.02. The van der Waals surface area contributed by atoms with Crippen LogP contribution in [0.4, 0.5) is 13.2 Å². The number of hydrogen-bond donors (Lipinski definition) is 3. The Balaban J connectivity index is 0.000000166. The number of aromatic amines is 1. The molecular weight excluding hydrogens is 445 g/mol. The first kappa shape index (κ1) is 23.4. The Bertz CT molecular complexity index is 1310. The summed E-state index contributed by atoms with van der Waals surface area (Å²) in [5.74, 6) is -0.504. The van der Waals surface area contributed by atoms with Gasteiger partial charge in [0, 0.05) is 35.6 Å². The molecule has 1 unspecified atom stereocenters. The van der Waals surface area contributed by atoms with Gasteiger partial charge in [0.1, 0.15) is 0 Å². The van der Waals surface area contributed by atoms with Crippen LogP contribution in [0.2, 0.25) is 0 Å².